The van der Waals surface area contributed by atoms with E-state index in [1.807, 2.05) is 0 Å². The van der Waals surface area contributed by atoms with Gasteiger partial charge in [0.2, 0.25) is 15.9 Å². The molecule has 0 aromatic heterocycles. The van der Waals surface area contributed by atoms with E-state index in [1.54, 1.807) is 7.05 Å². The summed E-state index contributed by atoms with van der Waals surface area (Å²) in [4.78, 5) is 11.9. The fraction of sp³-hybridized carbons (Fsp3) is 0.562. The van der Waals surface area contributed by atoms with Gasteiger partial charge in [0.05, 0.1) is 5.92 Å². The molecule has 1 aromatic rings. The number of hydrogen-bond acceptors (Lipinski definition) is 3. The van der Waals surface area contributed by atoms with Crippen molar-refractivity contribution in [2.24, 2.45) is 11.3 Å². The third-order valence-electron chi connectivity index (χ3n) is 5.23. The second-order valence-corrected chi connectivity index (χ2v) is 8.37. The molecule has 2 fully saturated rings. The van der Waals surface area contributed by atoms with Gasteiger partial charge in [-0.1, -0.05) is 25.0 Å². The summed E-state index contributed by atoms with van der Waals surface area (Å²) in [5.74, 6) is -1.24. The molecule has 1 atom stereocenters. The maximum absolute atomic E-state index is 13.9. The maximum Gasteiger partial charge on any atom is 0.246 e. The SMILES string of the molecule is CNC(=O)C1CN(S(=O)(=O)c2ccccc2F)CC12CCCC2. The molecule has 1 amide bonds. The molecule has 1 heterocycles. The molecular weight excluding hydrogens is 319 g/mol. The van der Waals surface area contributed by atoms with Gasteiger partial charge in [-0.2, -0.15) is 4.31 Å². The first-order valence-electron chi connectivity index (χ1n) is 7.87. The van der Waals surface area contributed by atoms with E-state index in [1.165, 1.54) is 22.5 Å². The molecule has 1 spiro atoms. The lowest BCUT2D eigenvalue weighted by Crippen LogP contribution is -2.38. The van der Waals surface area contributed by atoms with E-state index in [4.69, 9.17) is 0 Å². The summed E-state index contributed by atoms with van der Waals surface area (Å²) in [7, 11) is -2.36. The monoisotopic (exact) mass is 340 g/mol. The Kier molecular flexibility index (Phi) is 4.18. The second-order valence-electron chi connectivity index (χ2n) is 6.46. The summed E-state index contributed by atoms with van der Waals surface area (Å²) >= 11 is 0. The molecule has 3 rings (SSSR count). The van der Waals surface area contributed by atoms with Crippen molar-refractivity contribution >= 4 is 15.9 Å². The number of carbonyl (C=O) groups is 1. The highest BCUT2D eigenvalue weighted by Gasteiger charge is 2.54. The molecule has 126 valence electrons. The topological polar surface area (TPSA) is 66.5 Å². The van der Waals surface area contributed by atoms with Crippen molar-refractivity contribution in [2.75, 3.05) is 20.1 Å². The fourth-order valence-corrected chi connectivity index (χ4v) is 5.64. The zero-order valence-electron chi connectivity index (χ0n) is 13.1. The third kappa shape index (κ3) is 2.65. The molecule has 1 aromatic carbocycles. The van der Waals surface area contributed by atoms with Crippen LogP contribution in [0.1, 0.15) is 25.7 Å². The third-order valence-corrected chi connectivity index (χ3v) is 7.08. The summed E-state index contributed by atoms with van der Waals surface area (Å²) in [6, 6.07) is 5.39. The number of rotatable bonds is 3. The summed E-state index contributed by atoms with van der Waals surface area (Å²) < 4.78 is 40.8. The van der Waals surface area contributed by atoms with Crippen LogP contribution in [-0.2, 0) is 14.8 Å². The van der Waals surface area contributed by atoms with Crippen LogP contribution in [0.25, 0.3) is 0 Å². The zero-order chi connectivity index (χ0) is 16.7. The number of amides is 1. The molecule has 0 radical (unpaired) electrons. The maximum atomic E-state index is 13.9. The van der Waals surface area contributed by atoms with Crippen molar-refractivity contribution in [1.82, 2.24) is 9.62 Å². The average molecular weight is 340 g/mol. The Morgan fingerprint density at radius 1 is 1.30 bits per heavy atom. The highest BCUT2D eigenvalue weighted by molar-refractivity contribution is 7.89. The molecule has 23 heavy (non-hydrogen) atoms. The van der Waals surface area contributed by atoms with Gasteiger partial charge in [-0.25, -0.2) is 12.8 Å². The number of hydrogen-bond donors (Lipinski definition) is 1. The van der Waals surface area contributed by atoms with Crippen LogP contribution in [0.2, 0.25) is 0 Å². The highest BCUT2D eigenvalue weighted by Crippen LogP contribution is 2.50. The van der Waals surface area contributed by atoms with Crippen LogP contribution in [0.15, 0.2) is 29.2 Å². The molecule has 2 aliphatic rings. The first kappa shape index (κ1) is 16.4. The van der Waals surface area contributed by atoms with E-state index >= 15 is 0 Å². The van der Waals surface area contributed by atoms with Crippen molar-refractivity contribution < 1.29 is 17.6 Å². The van der Waals surface area contributed by atoms with Crippen molar-refractivity contribution in [3.05, 3.63) is 30.1 Å². The first-order valence-corrected chi connectivity index (χ1v) is 9.31. The number of nitrogens with zero attached hydrogens (tertiary/aromatic N) is 1. The van der Waals surface area contributed by atoms with Crippen LogP contribution in [0.4, 0.5) is 4.39 Å². The van der Waals surface area contributed by atoms with Crippen LogP contribution in [0.5, 0.6) is 0 Å². The highest BCUT2D eigenvalue weighted by atomic mass is 32.2. The van der Waals surface area contributed by atoms with Gasteiger partial charge in [-0.05, 0) is 30.4 Å². The van der Waals surface area contributed by atoms with Crippen LogP contribution in [-0.4, -0.2) is 38.8 Å². The first-order chi connectivity index (χ1) is 10.9. The van der Waals surface area contributed by atoms with Gasteiger partial charge < -0.3 is 5.32 Å². The molecule has 0 bridgehead atoms. The van der Waals surface area contributed by atoms with Gasteiger partial charge in [0.15, 0.2) is 0 Å². The number of carbonyl (C=O) groups excluding carboxylic acids is 1. The van der Waals surface area contributed by atoms with E-state index in [0.717, 1.165) is 31.7 Å². The molecule has 5 nitrogen and oxygen atoms in total. The van der Waals surface area contributed by atoms with Gasteiger partial charge >= 0.3 is 0 Å². The van der Waals surface area contributed by atoms with E-state index in [0.29, 0.717) is 6.54 Å². The van der Waals surface area contributed by atoms with E-state index in [9.17, 15) is 17.6 Å². The lowest BCUT2D eigenvalue weighted by atomic mass is 9.76. The lowest BCUT2D eigenvalue weighted by molar-refractivity contribution is -0.127. The minimum atomic E-state index is -3.93. The number of benzene rings is 1. The minimum absolute atomic E-state index is 0.121. The number of nitrogens with one attached hydrogen (secondary N) is 1. The standard InChI is InChI=1S/C16H21FN2O3S/c1-18-15(20)12-10-19(11-16(12)8-4-5-9-16)23(21,22)14-7-3-2-6-13(14)17/h2-3,6-7,12H,4-5,8-11H2,1H3,(H,18,20). The van der Waals surface area contributed by atoms with Crippen LogP contribution in [0, 0.1) is 17.2 Å². The Bertz CT molecular complexity index is 714. The summed E-state index contributed by atoms with van der Waals surface area (Å²) in [6.07, 6.45) is 3.69. The van der Waals surface area contributed by atoms with Crippen molar-refractivity contribution in [3.63, 3.8) is 0 Å². The summed E-state index contributed by atoms with van der Waals surface area (Å²) in [5, 5.41) is 2.65. The van der Waals surface area contributed by atoms with Crippen LogP contribution < -0.4 is 5.32 Å². The van der Waals surface area contributed by atoms with Gasteiger partial charge in [-0.15, -0.1) is 0 Å². The molecule has 1 aliphatic carbocycles. The van der Waals surface area contributed by atoms with Crippen molar-refractivity contribution in [1.29, 1.82) is 0 Å². The molecular formula is C16H21FN2O3S. The predicted octanol–water partition coefficient (Wildman–Crippen LogP) is 1.75. The Labute approximate surface area is 135 Å². The predicted molar refractivity (Wildman–Crippen MR) is 83.6 cm³/mol. The normalized spacial score (nSPS) is 24.2. The largest absolute Gasteiger partial charge is 0.359 e. The van der Waals surface area contributed by atoms with Gasteiger partial charge in [0.25, 0.3) is 0 Å². The van der Waals surface area contributed by atoms with Crippen LogP contribution >= 0.6 is 0 Å². The minimum Gasteiger partial charge on any atom is -0.359 e. The van der Waals surface area contributed by atoms with E-state index < -0.39 is 15.8 Å². The quantitative estimate of drug-likeness (QED) is 0.912. The summed E-state index contributed by atoms with van der Waals surface area (Å²) in [6.45, 7) is 0.415. The van der Waals surface area contributed by atoms with Crippen LogP contribution in [0.3, 0.4) is 0 Å². The molecule has 1 unspecified atom stereocenters. The average Bonchev–Trinajstić information content (AvgIpc) is 3.15. The lowest BCUT2D eigenvalue weighted by Gasteiger charge is -2.28. The molecule has 1 saturated heterocycles. The van der Waals surface area contributed by atoms with E-state index in [-0.39, 0.29) is 28.7 Å². The Balaban J connectivity index is 1.96. The summed E-state index contributed by atoms with van der Waals surface area (Å²) in [5.41, 5.74) is -0.307. The fourth-order valence-electron chi connectivity index (χ4n) is 4.02. The second kappa shape index (κ2) is 5.87. The Hall–Kier alpha value is -1.47. The molecule has 7 heteroatoms. The Morgan fingerprint density at radius 2 is 1.96 bits per heavy atom. The molecule has 1 N–H and O–H groups in total. The van der Waals surface area contributed by atoms with E-state index in [2.05, 4.69) is 5.32 Å². The van der Waals surface area contributed by atoms with Gasteiger partial charge in [0, 0.05) is 20.1 Å². The van der Waals surface area contributed by atoms with Gasteiger partial charge in [0.1, 0.15) is 10.7 Å². The van der Waals surface area contributed by atoms with Crippen molar-refractivity contribution in [2.45, 2.75) is 30.6 Å². The van der Waals surface area contributed by atoms with Gasteiger partial charge in [-0.3, -0.25) is 4.79 Å². The Morgan fingerprint density at radius 3 is 2.57 bits per heavy atom. The smallest absolute Gasteiger partial charge is 0.246 e. The number of halogens is 1. The molecule has 1 saturated carbocycles. The zero-order valence-corrected chi connectivity index (χ0v) is 13.9. The molecule has 1 aliphatic heterocycles. The number of sulfonamides is 1. The van der Waals surface area contributed by atoms with Crippen molar-refractivity contribution in [3.8, 4) is 0 Å².